The van der Waals surface area contributed by atoms with E-state index < -0.39 is 0 Å². The Bertz CT molecular complexity index is 682. The molecule has 0 atom stereocenters. The number of aromatic nitrogens is 1. The molecular formula is C16H19FN4. The fourth-order valence-corrected chi connectivity index (χ4v) is 2.45. The third kappa shape index (κ3) is 2.86. The minimum Gasteiger partial charge on any atom is -0.384 e. The van der Waals surface area contributed by atoms with Crippen LogP contribution < -0.4 is 10.6 Å². The number of hydrogen-bond donors (Lipinski definition) is 2. The monoisotopic (exact) mass is 286 g/mol. The van der Waals surface area contributed by atoms with E-state index in [0.29, 0.717) is 23.6 Å². The SMILES string of the molecule is CCN(c1ccccc1F)c1nc(C)cc(C)c1C(=N)N. The van der Waals surface area contributed by atoms with Gasteiger partial charge in [-0.15, -0.1) is 0 Å². The quantitative estimate of drug-likeness (QED) is 0.669. The van der Waals surface area contributed by atoms with Gasteiger partial charge in [0.2, 0.25) is 0 Å². The number of halogens is 1. The first kappa shape index (κ1) is 15.0. The predicted molar refractivity (Wildman–Crippen MR) is 83.8 cm³/mol. The van der Waals surface area contributed by atoms with Crippen molar-refractivity contribution in [2.45, 2.75) is 20.8 Å². The van der Waals surface area contributed by atoms with E-state index in [1.807, 2.05) is 26.8 Å². The Balaban J connectivity index is 2.68. The van der Waals surface area contributed by atoms with Crippen LogP contribution in [-0.2, 0) is 0 Å². The lowest BCUT2D eigenvalue weighted by molar-refractivity contribution is 0.625. The van der Waals surface area contributed by atoms with Gasteiger partial charge in [0.15, 0.2) is 0 Å². The average Bonchev–Trinajstić information content (AvgIpc) is 2.40. The number of nitrogen functional groups attached to an aromatic ring is 1. The fraction of sp³-hybridized carbons (Fsp3) is 0.250. The number of benzene rings is 1. The van der Waals surface area contributed by atoms with Crippen LogP contribution in [-0.4, -0.2) is 17.4 Å². The van der Waals surface area contributed by atoms with E-state index in [4.69, 9.17) is 11.1 Å². The van der Waals surface area contributed by atoms with E-state index in [0.717, 1.165) is 11.3 Å². The van der Waals surface area contributed by atoms with Gasteiger partial charge in [0, 0.05) is 12.2 Å². The summed E-state index contributed by atoms with van der Waals surface area (Å²) in [6.07, 6.45) is 0. The minimum atomic E-state index is -0.324. The van der Waals surface area contributed by atoms with Crippen LogP contribution in [0.15, 0.2) is 30.3 Å². The summed E-state index contributed by atoms with van der Waals surface area (Å²) < 4.78 is 14.1. The van der Waals surface area contributed by atoms with Gasteiger partial charge in [-0.25, -0.2) is 9.37 Å². The molecule has 0 saturated heterocycles. The van der Waals surface area contributed by atoms with Gasteiger partial charge in [-0.1, -0.05) is 12.1 Å². The normalized spacial score (nSPS) is 10.5. The third-order valence-corrected chi connectivity index (χ3v) is 3.31. The third-order valence-electron chi connectivity index (χ3n) is 3.31. The van der Waals surface area contributed by atoms with Crippen LogP contribution in [0, 0.1) is 25.1 Å². The van der Waals surface area contributed by atoms with Gasteiger partial charge in [-0.05, 0) is 44.5 Å². The van der Waals surface area contributed by atoms with Crippen molar-refractivity contribution >= 4 is 17.3 Å². The van der Waals surface area contributed by atoms with Crippen molar-refractivity contribution in [2.75, 3.05) is 11.4 Å². The molecule has 0 aliphatic carbocycles. The van der Waals surface area contributed by atoms with Crippen molar-refractivity contribution < 1.29 is 4.39 Å². The Kier molecular flexibility index (Phi) is 4.21. The molecule has 0 unspecified atom stereocenters. The van der Waals surface area contributed by atoms with Gasteiger partial charge in [-0.2, -0.15) is 0 Å². The number of anilines is 2. The van der Waals surface area contributed by atoms with Crippen LogP contribution >= 0.6 is 0 Å². The molecule has 0 fully saturated rings. The summed E-state index contributed by atoms with van der Waals surface area (Å²) in [6, 6.07) is 8.40. The first-order chi connectivity index (χ1) is 9.95. The van der Waals surface area contributed by atoms with Gasteiger partial charge in [-0.3, -0.25) is 5.41 Å². The lowest BCUT2D eigenvalue weighted by atomic mass is 10.1. The maximum absolute atomic E-state index is 14.1. The molecule has 0 bridgehead atoms. The molecule has 0 saturated carbocycles. The number of para-hydroxylation sites is 1. The zero-order valence-corrected chi connectivity index (χ0v) is 12.4. The number of rotatable bonds is 4. The summed E-state index contributed by atoms with van der Waals surface area (Å²) in [6.45, 7) is 6.19. The molecule has 0 amide bonds. The molecule has 3 N–H and O–H groups in total. The summed E-state index contributed by atoms with van der Waals surface area (Å²) in [5.74, 6) is 0.132. The molecule has 21 heavy (non-hydrogen) atoms. The molecule has 0 aliphatic heterocycles. The van der Waals surface area contributed by atoms with Crippen LogP contribution in [0.1, 0.15) is 23.7 Å². The number of nitrogens with two attached hydrogens (primary N) is 1. The first-order valence-electron chi connectivity index (χ1n) is 6.80. The van der Waals surface area contributed by atoms with E-state index in [-0.39, 0.29) is 11.7 Å². The molecule has 1 aromatic heterocycles. The Morgan fingerprint density at radius 3 is 2.57 bits per heavy atom. The summed E-state index contributed by atoms with van der Waals surface area (Å²) in [4.78, 5) is 6.22. The van der Waals surface area contributed by atoms with Gasteiger partial charge in [0.05, 0.1) is 11.3 Å². The largest absolute Gasteiger partial charge is 0.384 e. The van der Waals surface area contributed by atoms with E-state index in [1.54, 1.807) is 23.1 Å². The Morgan fingerprint density at radius 1 is 1.33 bits per heavy atom. The van der Waals surface area contributed by atoms with Crippen LogP contribution in [0.5, 0.6) is 0 Å². The maximum atomic E-state index is 14.1. The van der Waals surface area contributed by atoms with Gasteiger partial charge >= 0.3 is 0 Å². The van der Waals surface area contributed by atoms with Crippen LogP contribution in [0.3, 0.4) is 0 Å². The lowest BCUT2D eigenvalue weighted by Crippen LogP contribution is -2.25. The smallest absolute Gasteiger partial charge is 0.146 e. The molecule has 1 aromatic carbocycles. The second-order valence-corrected chi connectivity index (χ2v) is 4.89. The molecule has 5 heteroatoms. The number of nitrogens with one attached hydrogen (secondary N) is 1. The highest BCUT2D eigenvalue weighted by Gasteiger charge is 2.20. The first-order valence-corrected chi connectivity index (χ1v) is 6.80. The molecule has 110 valence electrons. The van der Waals surface area contributed by atoms with Crippen molar-refractivity contribution in [3.8, 4) is 0 Å². The maximum Gasteiger partial charge on any atom is 0.146 e. The highest BCUT2D eigenvalue weighted by atomic mass is 19.1. The molecule has 4 nitrogen and oxygen atoms in total. The van der Waals surface area contributed by atoms with Crippen molar-refractivity contribution in [1.29, 1.82) is 5.41 Å². The van der Waals surface area contributed by atoms with Gasteiger partial charge < -0.3 is 10.6 Å². The van der Waals surface area contributed by atoms with Crippen molar-refractivity contribution in [3.63, 3.8) is 0 Å². The van der Waals surface area contributed by atoms with Crippen molar-refractivity contribution in [2.24, 2.45) is 5.73 Å². The van der Waals surface area contributed by atoms with Gasteiger partial charge in [0.1, 0.15) is 17.5 Å². The van der Waals surface area contributed by atoms with Gasteiger partial charge in [0.25, 0.3) is 0 Å². The summed E-state index contributed by atoms with van der Waals surface area (Å²) in [5.41, 5.74) is 8.34. The summed E-state index contributed by atoms with van der Waals surface area (Å²) in [7, 11) is 0. The molecular weight excluding hydrogens is 267 g/mol. The number of nitrogens with zero attached hydrogens (tertiary/aromatic N) is 2. The number of hydrogen-bond acceptors (Lipinski definition) is 3. The van der Waals surface area contributed by atoms with E-state index >= 15 is 0 Å². The van der Waals surface area contributed by atoms with Crippen LogP contribution in [0.2, 0.25) is 0 Å². The Labute approximate surface area is 123 Å². The molecule has 2 aromatic rings. The van der Waals surface area contributed by atoms with E-state index in [9.17, 15) is 4.39 Å². The number of pyridine rings is 1. The minimum absolute atomic E-state index is 0.0650. The number of aryl methyl sites for hydroxylation is 2. The lowest BCUT2D eigenvalue weighted by Gasteiger charge is -2.26. The number of amidine groups is 1. The van der Waals surface area contributed by atoms with Crippen molar-refractivity contribution in [3.05, 3.63) is 53.0 Å². The molecule has 0 radical (unpaired) electrons. The predicted octanol–water partition coefficient (Wildman–Crippen LogP) is 3.28. The molecule has 1 heterocycles. The molecule has 0 spiro atoms. The van der Waals surface area contributed by atoms with E-state index in [1.165, 1.54) is 6.07 Å². The zero-order chi connectivity index (χ0) is 15.6. The second-order valence-electron chi connectivity index (χ2n) is 4.89. The topological polar surface area (TPSA) is 66.0 Å². The molecule has 0 aliphatic rings. The standard InChI is InChI=1S/C16H19FN4/c1-4-21(13-8-6-5-7-12(13)17)16-14(15(18)19)10(2)9-11(3)20-16/h5-9H,4H2,1-3H3,(H3,18,19). The van der Waals surface area contributed by atoms with Crippen LogP contribution in [0.4, 0.5) is 15.9 Å². The second kappa shape index (κ2) is 5.91. The zero-order valence-electron chi connectivity index (χ0n) is 12.4. The summed E-state index contributed by atoms with van der Waals surface area (Å²) >= 11 is 0. The Morgan fingerprint density at radius 2 is 2.00 bits per heavy atom. The highest BCUT2D eigenvalue weighted by molar-refractivity contribution is 6.01. The van der Waals surface area contributed by atoms with Crippen molar-refractivity contribution in [1.82, 2.24) is 4.98 Å². The Hall–Kier alpha value is -2.43. The van der Waals surface area contributed by atoms with E-state index in [2.05, 4.69) is 4.98 Å². The molecule has 2 rings (SSSR count). The average molecular weight is 286 g/mol. The highest BCUT2D eigenvalue weighted by Crippen LogP contribution is 2.30. The fourth-order valence-electron chi connectivity index (χ4n) is 2.45. The summed E-state index contributed by atoms with van der Waals surface area (Å²) in [5, 5.41) is 7.79. The van der Waals surface area contributed by atoms with Crippen LogP contribution in [0.25, 0.3) is 0 Å².